The van der Waals surface area contributed by atoms with Crippen LogP contribution in [0.4, 0.5) is 0 Å². The Morgan fingerprint density at radius 3 is 2.87 bits per heavy atom. The van der Waals surface area contributed by atoms with Crippen LogP contribution < -0.4 is 0 Å². The van der Waals surface area contributed by atoms with Crippen molar-refractivity contribution in [1.29, 1.82) is 0 Å². The zero-order valence-electron chi connectivity index (χ0n) is 8.01. The van der Waals surface area contributed by atoms with E-state index in [1.54, 1.807) is 24.3 Å². The van der Waals surface area contributed by atoms with Crippen molar-refractivity contribution < 1.29 is 14.3 Å². The number of benzene rings is 1. The maximum Gasteiger partial charge on any atom is 0.359 e. The van der Waals surface area contributed by atoms with Gasteiger partial charge in [-0.3, -0.25) is 4.79 Å². The van der Waals surface area contributed by atoms with Gasteiger partial charge in [0, 0.05) is 5.39 Å². The Labute approximate surface area is 85.3 Å². The molecule has 0 radical (unpaired) electrons. The molecule has 0 aliphatic carbocycles. The van der Waals surface area contributed by atoms with Crippen LogP contribution in [0.15, 0.2) is 24.3 Å². The third kappa shape index (κ3) is 1.38. The van der Waals surface area contributed by atoms with Crippen LogP contribution in [-0.2, 0) is 9.53 Å². The SMILES string of the molecule is COC(=O)c1nn(C=O)c2ccccc12. The van der Waals surface area contributed by atoms with E-state index < -0.39 is 5.97 Å². The lowest BCUT2D eigenvalue weighted by Crippen LogP contribution is -2.04. The third-order valence-electron chi connectivity index (χ3n) is 2.09. The monoisotopic (exact) mass is 204 g/mol. The molecule has 0 spiro atoms. The first-order chi connectivity index (χ1) is 7.27. The highest BCUT2D eigenvalue weighted by Gasteiger charge is 2.16. The third-order valence-corrected chi connectivity index (χ3v) is 2.09. The quantitative estimate of drug-likeness (QED) is 0.537. The van der Waals surface area contributed by atoms with Gasteiger partial charge < -0.3 is 4.74 Å². The second-order valence-corrected chi connectivity index (χ2v) is 2.91. The Morgan fingerprint density at radius 1 is 1.47 bits per heavy atom. The summed E-state index contributed by atoms with van der Waals surface area (Å²) in [4.78, 5) is 22.0. The predicted octanol–water partition coefficient (Wildman–Crippen LogP) is 0.861. The number of fused-ring (bicyclic) bond motifs is 1. The molecule has 1 aromatic heterocycles. The van der Waals surface area contributed by atoms with Gasteiger partial charge in [0.05, 0.1) is 12.6 Å². The molecule has 0 fully saturated rings. The van der Waals surface area contributed by atoms with E-state index in [0.717, 1.165) is 4.68 Å². The number of rotatable bonds is 2. The Kier molecular flexibility index (Phi) is 2.21. The molecule has 0 saturated heterocycles. The van der Waals surface area contributed by atoms with Crippen LogP contribution in [0.1, 0.15) is 10.5 Å². The van der Waals surface area contributed by atoms with E-state index in [9.17, 15) is 9.59 Å². The zero-order valence-corrected chi connectivity index (χ0v) is 8.01. The Hall–Kier alpha value is -2.17. The maximum absolute atomic E-state index is 11.3. The van der Waals surface area contributed by atoms with Crippen molar-refractivity contribution in [3.63, 3.8) is 0 Å². The zero-order chi connectivity index (χ0) is 10.8. The highest BCUT2D eigenvalue weighted by atomic mass is 16.5. The minimum absolute atomic E-state index is 0.153. The predicted molar refractivity (Wildman–Crippen MR) is 53.2 cm³/mol. The summed E-state index contributed by atoms with van der Waals surface area (Å²) in [6.07, 6.45) is 0.550. The van der Waals surface area contributed by atoms with E-state index in [4.69, 9.17) is 0 Å². The number of methoxy groups -OCH3 is 1. The fraction of sp³-hybridized carbons (Fsp3) is 0.100. The van der Waals surface area contributed by atoms with E-state index in [2.05, 4.69) is 9.84 Å². The first-order valence-electron chi connectivity index (χ1n) is 4.28. The number of esters is 1. The Bertz CT molecular complexity index is 530. The van der Waals surface area contributed by atoms with E-state index in [1.165, 1.54) is 7.11 Å². The second-order valence-electron chi connectivity index (χ2n) is 2.91. The van der Waals surface area contributed by atoms with E-state index >= 15 is 0 Å². The molecule has 1 aromatic carbocycles. The van der Waals surface area contributed by atoms with Crippen LogP contribution in [0, 0.1) is 0 Å². The van der Waals surface area contributed by atoms with Crippen LogP contribution >= 0.6 is 0 Å². The summed E-state index contributed by atoms with van der Waals surface area (Å²) in [7, 11) is 1.27. The van der Waals surface area contributed by atoms with Crippen LogP contribution in [0.3, 0.4) is 0 Å². The van der Waals surface area contributed by atoms with Gasteiger partial charge in [-0.25, -0.2) is 9.48 Å². The summed E-state index contributed by atoms with van der Waals surface area (Å²) in [5.74, 6) is -0.549. The van der Waals surface area contributed by atoms with Crippen molar-refractivity contribution in [2.24, 2.45) is 0 Å². The second kappa shape index (κ2) is 3.53. The van der Waals surface area contributed by atoms with Gasteiger partial charge >= 0.3 is 5.97 Å². The molecular formula is C10H8N2O3. The van der Waals surface area contributed by atoms with Crippen LogP contribution in [0.5, 0.6) is 0 Å². The van der Waals surface area contributed by atoms with Crippen molar-refractivity contribution in [2.45, 2.75) is 0 Å². The van der Waals surface area contributed by atoms with E-state index in [0.29, 0.717) is 17.3 Å². The van der Waals surface area contributed by atoms with Crippen molar-refractivity contribution in [1.82, 2.24) is 9.78 Å². The van der Waals surface area contributed by atoms with Crippen LogP contribution in [0.25, 0.3) is 10.9 Å². The van der Waals surface area contributed by atoms with Gasteiger partial charge in [0.15, 0.2) is 5.69 Å². The Balaban J connectivity index is 2.75. The number of ether oxygens (including phenoxy) is 1. The Morgan fingerprint density at radius 2 is 2.20 bits per heavy atom. The molecule has 5 nitrogen and oxygen atoms in total. The molecular weight excluding hydrogens is 196 g/mol. The van der Waals surface area contributed by atoms with E-state index in [-0.39, 0.29) is 5.69 Å². The first kappa shape index (κ1) is 9.39. The summed E-state index contributed by atoms with van der Waals surface area (Å²) < 4.78 is 5.68. The molecule has 0 saturated carbocycles. The number of aromatic nitrogens is 2. The average molecular weight is 204 g/mol. The molecule has 0 aliphatic heterocycles. The normalized spacial score (nSPS) is 10.2. The lowest BCUT2D eigenvalue weighted by Gasteiger charge is -1.93. The van der Waals surface area contributed by atoms with Gasteiger partial charge in [0.2, 0.25) is 6.41 Å². The van der Waals surface area contributed by atoms with Gasteiger partial charge in [0.25, 0.3) is 0 Å². The molecule has 2 aromatic rings. The molecule has 0 atom stereocenters. The molecule has 0 N–H and O–H groups in total. The fourth-order valence-corrected chi connectivity index (χ4v) is 1.42. The number of para-hydroxylation sites is 1. The number of nitrogens with zero attached hydrogens (tertiary/aromatic N) is 2. The molecule has 0 aliphatic rings. The van der Waals surface area contributed by atoms with Crippen LogP contribution in [-0.4, -0.2) is 29.3 Å². The lowest BCUT2D eigenvalue weighted by molar-refractivity contribution is 0.0596. The minimum atomic E-state index is -0.549. The smallest absolute Gasteiger partial charge is 0.359 e. The van der Waals surface area contributed by atoms with E-state index in [1.807, 2.05) is 0 Å². The van der Waals surface area contributed by atoms with Gasteiger partial charge in [0.1, 0.15) is 0 Å². The molecule has 5 heteroatoms. The van der Waals surface area contributed by atoms with Gasteiger partial charge in [-0.2, -0.15) is 5.10 Å². The first-order valence-corrected chi connectivity index (χ1v) is 4.28. The number of carbonyl (C=O) groups excluding carboxylic acids is 2. The fourth-order valence-electron chi connectivity index (χ4n) is 1.42. The van der Waals surface area contributed by atoms with Crippen molar-refractivity contribution in [3.8, 4) is 0 Å². The van der Waals surface area contributed by atoms with Gasteiger partial charge in [-0.05, 0) is 6.07 Å². The average Bonchev–Trinajstić information content (AvgIpc) is 2.67. The van der Waals surface area contributed by atoms with Crippen LogP contribution in [0.2, 0.25) is 0 Å². The largest absolute Gasteiger partial charge is 0.464 e. The summed E-state index contributed by atoms with van der Waals surface area (Å²) in [6.45, 7) is 0. The molecule has 0 bridgehead atoms. The van der Waals surface area contributed by atoms with Crippen molar-refractivity contribution in [3.05, 3.63) is 30.0 Å². The maximum atomic E-state index is 11.3. The van der Waals surface area contributed by atoms with Gasteiger partial charge in [-0.15, -0.1) is 0 Å². The van der Waals surface area contributed by atoms with Crippen molar-refractivity contribution >= 4 is 23.3 Å². The van der Waals surface area contributed by atoms with Gasteiger partial charge in [-0.1, -0.05) is 18.2 Å². The highest BCUT2D eigenvalue weighted by molar-refractivity contribution is 6.03. The summed E-state index contributed by atoms with van der Waals surface area (Å²) >= 11 is 0. The molecule has 76 valence electrons. The molecule has 2 rings (SSSR count). The summed E-state index contributed by atoms with van der Waals surface area (Å²) in [5.41, 5.74) is 0.744. The minimum Gasteiger partial charge on any atom is -0.464 e. The standard InChI is InChI=1S/C10H8N2O3/c1-15-10(14)9-7-4-2-3-5-8(7)12(6-13)11-9/h2-6H,1H3. The van der Waals surface area contributed by atoms with Crippen molar-refractivity contribution in [2.75, 3.05) is 7.11 Å². The molecule has 0 unspecified atom stereocenters. The molecule has 15 heavy (non-hydrogen) atoms. The number of hydrogen-bond donors (Lipinski definition) is 0. The highest BCUT2D eigenvalue weighted by Crippen LogP contribution is 2.17. The molecule has 1 heterocycles. The molecule has 0 amide bonds. The number of hydrogen-bond acceptors (Lipinski definition) is 4. The summed E-state index contributed by atoms with van der Waals surface area (Å²) in [6, 6.07) is 6.97. The number of carbonyl (C=O) groups is 2. The summed E-state index contributed by atoms with van der Waals surface area (Å²) in [5, 5.41) is 4.46. The lowest BCUT2D eigenvalue weighted by atomic mass is 10.2. The topological polar surface area (TPSA) is 61.2 Å².